The fraction of sp³-hybridized carbons (Fsp3) is 0.588. The summed E-state index contributed by atoms with van der Waals surface area (Å²) in [6.07, 6.45) is 3.55. The Morgan fingerprint density at radius 1 is 1.18 bits per heavy atom. The molecule has 1 fully saturated rings. The number of rotatable bonds is 5. The fourth-order valence-electron chi connectivity index (χ4n) is 2.98. The van der Waals surface area contributed by atoms with E-state index in [1.807, 2.05) is 0 Å². The molecular formula is C17H20F3NO. The summed E-state index contributed by atoms with van der Waals surface area (Å²) in [6, 6.07) is 5.16. The Bertz CT molecular complexity index is 528. The van der Waals surface area contributed by atoms with E-state index in [0.29, 0.717) is 5.92 Å². The zero-order chi connectivity index (χ0) is 16.0. The van der Waals surface area contributed by atoms with Gasteiger partial charge in [-0.15, -0.1) is 0 Å². The van der Waals surface area contributed by atoms with E-state index in [4.69, 9.17) is 10.00 Å². The molecule has 1 aliphatic rings. The molecule has 22 heavy (non-hydrogen) atoms. The molecule has 2 rings (SSSR count). The van der Waals surface area contributed by atoms with Crippen LogP contribution in [-0.2, 0) is 6.18 Å². The summed E-state index contributed by atoms with van der Waals surface area (Å²) in [6.45, 7) is 0.283. The first-order chi connectivity index (χ1) is 10.5. The quantitative estimate of drug-likeness (QED) is 0.690. The lowest BCUT2D eigenvalue weighted by Crippen LogP contribution is -2.11. The minimum atomic E-state index is -4.51. The Balaban J connectivity index is 1.90. The van der Waals surface area contributed by atoms with E-state index in [2.05, 4.69) is 0 Å². The second-order valence-corrected chi connectivity index (χ2v) is 5.82. The predicted octanol–water partition coefficient (Wildman–Crippen LogP) is 5.32. The molecular weight excluding hydrogens is 291 g/mol. The molecule has 120 valence electrons. The van der Waals surface area contributed by atoms with E-state index in [-0.39, 0.29) is 17.9 Å². The van der Waals surface area contributed by atoms with E-state index in [1.54, 1.807) is 6.07 Å². The van der Waals surface area contributed by atoms with Gasteiger partial charge in [0.2, 0.25) is 0 Å². The normalized spacial score (nSPS) is 16.3. The van der Waals surface area contributed by atoms with Gasteiger partial charge in [-0.25, -0.2) is 0 Å². The summed E-state index contributed by atoms with van der Waals surface area (Å²) < 4.78 is 44.3. The first kappa shape index (κ1) is 16.7. The molecule has 0 N–H and O–H groups in total. The number of nitrogens with zero attached hydrogens (tertiary/aromatic N) is 1. The van der Waals surface area contributed by atoms with Crippen LogP contribution in [0.4, 0.5) is 13.2 Å². The van der Waals surface area contributed by atoms with Gasteiger partial charge in [-0.2, -0.15) is 18.4 Å². The Labute approximate surface area is 128 Å². The number of benzene rings is 1. The summed E-state index contributed by atoms with van der Waals surface area (Å²) in [7, 11) is 0. The predicted molar refractivity (Wildman–Crippen MR) is 77.5 cm³/mol. The molecule has 0 heterocycles. The Hall–Kier alpha value is -1.70. The molecule has 1 aromatic carbocycles. The molecule has 1 aliphatic carbocycles. The molecule has 2 nitrogen and oxygen atoms in total. The summed E-state index contributed by atoms with van der Waals surface area (Å²) >= 11 is 0. The van der Waals surface area contributed by atoms with Crippen molar-refractivity contribution in [1.29, 1.82) is 5.26 Å². The molecule has 0 unspecified atom stereocenters. The monoisotopic (exact) mass is 311 g/mol. The van der Waals surface area contributed by atoms with Crippen molar-refractivity contribution < 1.29 is 17.9 Å². The van der Waals surface area contributed by atoms with Crippen LogP contribution in [0.15, 0.2) is 18.2 Å². The van der Waals surface area contributed by atoms with Crippen molar-refractivity contribution in [2.24, 2.45) is 5.92 Å². The lowest BCUT2D eigenvalue weighted by molar-refractivity contribution is -0.139. The topological polar surface area (TPSA) is 33.0 Å². The van der Waals surface area contributed by atoms with Crippen LogP contribution in [0.2, 0.25) is 0 Å². The summed E-state index contributed by atoms with van der Waals surface area (Å²) in [5.41, 5.74) is -0.883. The van der Waals surface area contributed by atoms with Crippen LogP contribution in [0.5, 0.6) is 5.75 Å². The van der Waals surface area contributed by atoms with Crippen LogP contribution in [0, 0.1) is 17.2 Å². The largest absolute Gasteiger partial charge is 0.493 e. The zero-order valence-corrected chi connectivity index (χ0v) is 12.5. The van der Waals surface area contributed by atoms with Crippen molar-refractivity contribution in [1.82, 2.24) is 0 Å². The molecule has 0 amide bonds. The second kappa shape index (κ2) is 7.53. The number of hydrogen-bond acceptors (Lipinski definition) is 2. The number of alkyl halides is 3. The van der Waals surface area contributed by atoms with Crippen LogP contribution in [0.25, 0.3) is 0 Å². The number of nitriles is 1. The van der Waals surface area contributed by atoms with Gasteiger partial charge in [0.05, 0.1) is 23.8 Å². The van der Waals surface area contributed by atoms with Gasteiger partial charge in [-0.05, 0) is 37.0 Å². The Kier molecular flexibility index (Phi) is 5.70. The highest BCUT2D eigenvalue weighted by molar-refractivity contribution is 5.43. The van der Waals surface area contributed by atoms with E-state index in [0.717, 1.165) is 18.9 Å². The highest BCUT2D eigenvalue weighted by atomic mass is 19.4. The zero-order valence-electron chi connectivity index (χ0n) is 12.5. The highest BCUT2D eigenvalue weighted by Gasteiger charge is 2.34. The van der Waals surface area contributed by atoms with Crippen LogP contribution < -0.4 is 4.74 Å². The van der Waals surface area contributed by atoms with Crippen LogP contribution in [0.3, 0.4) is 0 Å². The SMILES string of the molecule is N#Cc1ccc(OCCCC2CCCCC2)c(C(F)(F)F)c1. The molecule has 1 saturated carbocycles. The van der Waals surface area contributed by atoms with Gasteiger partial charge in [0.25, 0.3) is 0 Å². The number of halogens is 3. The average molecular weight is 311 g/mol. The maximum absolute atomic E-state index is 13.0. The maximum Gasteiger partial charge on any atom is 0.420 e. The summed E-state index contributed by atoms with van der Waals surface area (Å²) in [5.74, 6) is 0.510. The third kappa shape index (κ3) is 4.66. The fourth-order valence-corrected chi connectivity index (χ4v) is 2.98. The molecule has 5 heteroatoms. The summed E-state index contributed by atoms with van der Waals surface area (Å²) in [5, 5.41) is 8.72. The smallest absolute Gasteiger partial charge is 0.420 e. The minimum absolute atomic E-state index is 0.0121. The van der Waals surface area contributed by atoms with Crippen molar-refractivity contribution in [2.45, 2.75) is 51.1 Å². The second-order valence-electron chi connectivity index (χ2n) is 5.82. The van der Waals surface area contributed by atoms with Gasteiger partial charge in [0.15, 0.2) is 0 Å². The third-order valence-corrected chi connectivity index (χ3v) is 4.15. The molecule has 0 bridgehead atoms. The van der Waals surface area contributed by atoms with E-state index in [9.17, 15) is 13.2 Å². The molecule has 0 spiro atoms. The van der Waals surface area contributed by atoms with Crippen molar-refractivity contribution in [3.63, 3.8) is 0 Å². The van der Waals surface area contributed by atoms with Crippen LogP contribution >= 0.6 is 0 Å². The summed E-state index contributed by atoms with van der Waals surface area (Å²) in [4.78, 5) is 0. The first-order valence-corrected chi connectivity index (χ1v) is 7.75. The van der Waals surface area contributed by atoms with E-state index < -0.39 is 11.7 Å². The van der Waals surface area contributed by atoms with E-state index in [1.165, 1.54) is 44.2 Å². The van der Waals surface area contributed by atoms with Gasteiger partial charge in [-0.3, -0.25) is 0 Å². The molecule has 0 saturated heterocycles. The molecule has 0 aliphatic heterocycles. The van der Waals surface area contributed by atoms with Gasteiger partial charge in [-0.1, -0.05) is 32.1 Å². The Morgan fingerprint density at radius 3 is 2.55 bits per heavy atom. The maximum atomic E-state index is 13.0. The molecule has 0 radical (unpaired) electrons. The van der Waals surface area contributed by atoms with Gasteiger partial charge in [0, 0.05) is 0 Å². The van der Waals surface area contributed by atoms with Crippen molar-refractivity contribution in [2.75, 3.05) is 6.61 Å². The van der Waals surface area contributed by atoms with Gasteiger partial charge in [0.1, 0.15) is 5.75 Å². The molecule has 0 atom stereocenters. The van der Waals surface area contributed by atoms with Crippen molar-refractivity contribution in [3.8, 4) is 11.8 Å². The van der Waals surface area contributed by atoms with E-state index >= 15 is 0 Å². The third-order valence-electron chi connectivity index (χ3n) is 4.15. The standard InChI is InChI=1S/C17H20F3NO/c18-17(19,20)15-11-14(12-21)8-9-16(15)22-10-4-7-13-5-2-1-3-6-13/h8-9,11,13H,1-7,10H2. The van der Waals surface area contributed by atoms with Gasteiger partial charge < -0.3 is 4.74 Å². The molecule has 0 aromatic heterocycles. The van der Waals surface area contributed by atoms with Crippen LogP contribution in [-0.4, -0.2) is 6.61 Å². The van der Waals surface area contributed by atoms with Crippen molar-refractivity contribution >= 4 is 0 Å². The highest BCUT2D eigenvalue weighted by Crippen LogP contribution is 2.37. The number of ether oxygens (including phenoxy) is 1. The lowest BCUT2D eigenvalue weighted by Gasteiger charge is -2.21. The molecule has 1 aromatic rings. The average Bonchev–Trinajstić information content (AvgIpc) is 2.51. The van der Waals surface area contributed by atoms with Gasteiger partial charge >= 0.3 is 6.18 Å². The van der Waals surface area contributed by atoms with Crippen molar-refractivity contribution in [3.05, 3.63) is 29.3 Å². The number of hydrogen-bond donors (Lipinski definition) is 0. The minimum Gasteiger partial charge on any atom is -0.493 e. The lowest BCUT2D eigenvalue weighted by atomic mass is 9.86. The first-order valence-electron chi connectivity index (χ1n) is 7.75. The Morgan fingerprint density at radius 2 is 1.91 bits per heavy atom. The van der Waals surface area contributed by atoms with Crippen LogP contribution in [0.1, 0.15) is 56.1 Å².